The molecule has 32 heavy (non-hydrogen) atoms. The van der Waals surface area contributed by atoms with Gasteiger partial charge in [-0.25, -0.2) is 8.42 Å². The van der Waals surface area contributed by atoms with Gasteiger partial charge in [-0.1, -0.05) is 20.8 Å². The van der Waals surface area contributed by atoms with E-state index in [4.69, 9.17) is 4.74 Å². The summed E-state index contributed by atoms with van der Waals surface area (Å²) in [5.74, 6) is 1.04. The molecule has 0 fully saturated rings. The van der Waals surface area contributed by atoms with Crippen LogP contribution >= 0.6 is 23.5 Å². The topological polar surface area (TPSA) is 75.7 Å². The number of anilines is 1. The fourth-order valence-electron chi connectivity index (χ4n) is 2.80. The van der Waals surface area contributed by atoms with Crippen molar-refractivity contribution in [3.05, 3.63) is 48.5 Å². The van der Waals surface area contributed by atoms with Crippen LogP contribution in [0, 0.1) is 0 Å². The molecular formula is C23H32N2O4S3. The minimum Gasteiger partial charge on any atom is -0.494 e. The molecule has 2 rings (SSSR count). The standard InChI is InChI=1S/C23H32N2O4S3/c1-6-29-19-9-7-18(8-10-19)25(17-22(26)24-15-16-31-23(2,3)4)32(27,28)21-13-11-20(30-5)12-14-21/h7-14H,6,15-17H2,1-5H3,(H,24,26). The lowest BCUT2D eigenvalue weighted by molar-refractivity contribution is -0.119. The number of carbonyl (C=O) groups is 1. The highest BCUT2D eigenvalue weighted by atomic mass is 32.2. The second kappa shape index (κ2) is 11.9. The number of carbonyl (C=O) groups excluding carboxylic acids is 1. The molecule has 0 aromatic heterocycles. The summed E-state index contributed by atoms with van der Waals surface area (Å²) in [6, 6.07) is 13.4. The molecule has 0 saturated carbocycles. The zero-order valence-corrected chi connectivity index (χ0v) is 21.7. The van der Waals surface area contributed by atoms with Crippen LogP contribution < -0.4 is 14.4 Å². The van der Waals surface area contributed by atoms with E-state index in [0.29, 0.717) is 24.6 Å². The van der Waals surface area contributed by atoms with E-state index in [9.17, 15) is 13.2 Å². The summed E-state index contributed by atoms with van der Waals surface area (Å²) in [5, 5.41) is 2.84. The second-order valence-corrected chi connectivity index (χ2v) is 12.6. The molecule has 0 saturated heterocycles. The first kappa shape index (κ1) is 26.4. The molecule has 0 bridgehead atoms. The molecule has 1 N–H and O–H groups in total. The Morgan fingerprint density at radius 1 is 1.06 bits per heavy atom. The summed E-state index contributed by atoms with van der Waals surface area (Å²) in [4.78, 5) is 13.7. The molecule has 176 valence electrons. The van der Waals surface area contributed by atoms with Gasteiger partial charge in [0.1, 0.15) is 12.3 Å². The average molecular weight is 497 g/mol. The number of ether oxygens (including phenoxy) is 1. The van der Waals surface area contributed by atoms with Crippen LogP contribution in [0.3, 0.4) is 0 Å². The summed E-state index contributed by atoms with van der Waals surface area (Å²) in [6.07, 6.45) is 1.93. The largest absolute Gasteiger partial charge is 0.494 e. The van der Waals surface area contributed by atoms with Gasteiger partial charge in [0.15, 0.2) is 0 Å². The normalized spacial score (nSPS) is 11.8. The Bertz CT molecular complexity index is 970. The lowest BCUT2D eigenvalue weighted by Crippen LogP contribution is -2.41. The number of hydrogen-bond donors (Lipinski definition) is 1. The first-order chi connectivity index (χ1) is 15.1. The van der Waals surface area contributed by atoms with Gasteiger partial charge in [-0.05, 0) is 61.7 Å². The van der Waals surface area contributed by atoms with E-state index in [2.05, 4.69) is 26.1 Å². The van der Waals surface area contributed by atoms with Crippen molar-refractivity contribution in [2.75, 3.05) is 36.0 Å². The molecular weight excluding hydrogens is 464 g/mol. The lowest BCUT2D eigenvalue weighted by atomic mass is 10.3. The fourth-order valence-corrected chi connectivity index (χ4v) is 5.44. The van der Waals surface area contributed by atoms with Crippen LogP contribution in [0.4, 0.5) is 5.69 Å². The Kier molecular flexibility index (Phi) is 9.79. The number of rotatable bonds is 11. The van der Waals surface area contributed by atoms with E-state index in [1.807, 2.05) is 13.2 Å². The maximum atomic E-state index is 13.4. The first-order valence-corrected chi connectivity index (χ1v) is 14.0. The van der Waals surface area contributed by atoms with Gasteiger partial charge in [-0.3, -0.25) is 9.10 Å². The Morgan fingerprint density at radius 3 is 2.22 bits per heavy atom. The van der Waals surface area contributed by atoms with Crippen molar-refractivity contribution in [3.8, 4) is 5.75 Å². The number of hydrogen-bond acceptors (Lipinski definition) is 6. The quantitative estimate of drug-likeness (QED) is 0.361. The Labute approximate surface area is 200 Å². The monoisotopic (exact) mass is 496 g/mol. The van der Waals surface area contributed by atoms with Gasteiger partial charge in [-0.2, -0.15) is 11.8 Å². The van der Waals surface area contributed by atoms with E-state index in [0.717, 1.165) is 15.0 Å². The van der Waals surface area contributed by atoms with Gasteiger partial charge in [-0.15, -0.1) is 11.8 Å². The Morgan fingerprint density at radius 2 is 1.69 bits per heavy atom. The van der Waals surface area contributed by atoms with Crippen LogP contribution in [0.2, 0.25) is 0 Å². The van der Waals surface area contributed by atoms with Crippen LogP contribution in [0.5, 0.6) is 5.75 Å². The molecule has 0 radical (unpaired) electrons. The fraction of sp³-hybridized carbons (Fsp3) is 0.435. The van der Waals surface area contributed by atoms with Gasteiger partial charge >= 0.3 is 0 Å². The molecule has 0 spiro atoms. The van der Waals surface area contributed by atoms with Crippen LogP contribution in [-0.4, -0.2) is 50.8 Å². The van der Waals surface area contributed by atoms with E-state index >= 15 is 0 Å². The van der Waals surface area contributed by atoms with Gasteiger partial charge in [0.2, 0.25) is 5.91 Å². The van der Waals surface area contributed by atoms with Crippen molar-refractivity contribution < 1.29 is 17.9 Å². The highest BCUT2D eigenvalue weighted by Gasteiger charge is 2.27. The van der Waals surface area contributed by atoms with Gasteiger partial charge < -0.3 is 10.1 Å². The summed E-state index contributed by atoms with van der Waals surface area (Å²) in [5.41, 5.74) is 0.404. The zero-order chi connectivity index (χ0) is 23.8. The Hall–Kier alpha value is -1.84. The van der Waals surface area contributed by atoms with Crippen molar-refractivity contribution in [2.24, 2.45) is 0 Å². The number of sulfonamides is 1. The minimum atomic E-state index is -3.94. The minimum absolute atomic E-state index is 0.103. The van der Waals surface area contributed by atoms with Crippen LogP contribution in [0.15, 0.2) is 58.3 Å². The summed E-state index contributed by atoms with van der Waals surface area (Å²) < 4.78 is 33.6. The van der Waals surface area contributed by atoms with Gasteiger partial charge in [0, 0.05) is 21.9 Å². The number of nitrogens with zero attached hydrogens (tertiary/aromatic N) is 1. The summed E-state index contributed by atoms with van der Waals surface area (Å²) >= 11 is 3.27. The molecule has 0 unspecified atom stereocenters. The highest BCUT2D eigenvalue weighted by Crippen LogP contribution is 2.27. The molecule has 0 heterocycles. The zero-order valence-electron chi connectivity index (χ0n) is 19.3. The predicted octanol–water partition coefficient (Wildman–Crippen LogP) is 4.65. The van der Waals surface area contributed by atoms with Crippen molar-refractivity contribution in [1.29, 1.82) is 0 Å². The Balaban J connectivity index is 2.25. The van der Waals surface area contributed by atoms with E-state index in [1.54, 1.807) is 60.3 Å². The second-order valence-electron chi connectivity index (χ2n) is 7.92. The number of amides is 1. The van der Waals surface area contributed by atoms with E-state index in [1.165, 1.54) is 11.8 Å². The van der Waals surface area contributed by atoms with Crippen molar-refractivity contribution in [2.45, 2.75) is 42.2 Å². The molecule has 0 atom stereocenters. The maximum absolute atomic E-state index is 13.4. The number of benzene rings is 2. The van der Waals surface area contributed by atoms with Gasteiger partial charge in [0.25, 0.3) is 10.0 Å². The van der Waals surface area contributed by atoms with Crippen molar-refractivity contribution >= 4 is 45.1 Å². The number of nitrogens with one attached hydrogen (secondary N) is 1. The highest BCUT2D eigenvalue weighted by molar-refractivity contribution is 8.00. The molecule has 2 aromatic rings. The molecule has 0 aliphatic heterocycles. The lowest BCUT2D eigenvalue weighted by Gasteiger charge is -2.24. The van der Waals surface area contributed by atoms with Gasteiger partial charge in [0.05, 0.1) is 17.2 Å². The van der Waals surface area contributed by atoms with Crippen LogP contribution in [0.25, 0.3) is 0 Å². The van der Waals surface area contributed by atoms with Crippen molar-refractivity contribution in [3.63, 3.8) is 0 Å². The third-order valence-corrected chi connectivity index (χ3v) is 8.14. The molecule has 9 heteroatoms. The van der Waals surface area contributed by atoms with E-state index in [-0.39, 0.29) is 22.1 Å². The predicted molar refractivity (Wildman–Crippen MR) is 136 cm³/mol. The summed E-state index contributed by atoms with van der Waals surface area (Å²) in [6.45, 7) is 8.90. The van der Waals surface area contributed by atoms with Crippen LogP contribution in [-0.2, 0) is 14.8 Å². The van der Waals surface area contributed by atoms with Crippen molar-refractivity contribution in [1.82, 2.24) is 5.32 Å². The SMILES string of the molecule is CCOc1ccc(N(CC(=O)NCCSC(C)(C)C)S(=O)(=O)c2ccc(SC)cc2)cc1. The molecule has 6 nitrogen and oxygen atoms in total. The summed E-state index contributed by atoms with van der Waals surface area (Å²) in [7, 11) is -3.94. The third kappa shape index (κ3) is 7.94. The first-order valence-electron chi connectivity index (χ1n) is 10.4. The molecule has 0 aliphatic rings. The smallest absolute Gasteiger partial charge is 0.264 e. The third-order valence-electron chi connectivity index (χ3n) is 4.33. The van der Waals surface area contributed by atoms with Crippen LogP contribution in [0.1, 0.15) is 27.7 Å². The van der Waals surface area contributed by atoms with E-state index < -0.39 is 10.0 Å². The number of thioether (sulfide) groups is 2. The maximum Gasteiger partial charge on any atom is 0.264 e. The molecule has 0 aliphatic carbocycles. The molecule has 2 aromatic carbocycles. The average Bonchev–Trinajstić information content (AvgIpc) is 2.75. The molecule has 1 amide bonds.